The number of anilines is 1. The van der Waals surface area contributed by atoms with E-state index in [1.165, 1.54) is 0 Å². The van der Waals surface area contributed by atoms with Crippen LogP contribution < -0.4 is 24.7 Å². The number of nitrogen functional groups attached to an aromatic ring is 1. The summed E-state index contributed by atoms with van der Waals surface area (Å²) in [7, 11) is 6.22. The molecule has 0 spiro atoms. The maximum atomic E-state index is 6.30. The van der Waals surface area contributed by atoms with Crippen LogP contribution in [0.1, 0.15) is 0 Å². The van der Waals surface area contributed by atoms with E-state index in [4.69, 9.17) is 36.3 Å². The lowest BCUT2D eigenvalue weighted by Crippen LogP contribution is -2.00. The Hall–Kier alpha value is -3.19. The Bertz CT molecular complexity index is 986. The summed E-state index contributed by atoms with van der Waals surface area (Å²) in [6.45, 7) is 0. The third kappa shape index (κ3) is 3.61. The molecular weight excluding hydrogens is 382 g/mol. The number of rotatable bonds is 6. The third-order valence-corrected chi connectivity index (χ3v) is 4.50. The zero-order valence-corrected chi connectivity index (χ0v) is 16.7. The van der Waals surface area contributed by atoms with Crippen molar-refractivity contribution < 1.29 is 18.9 Å². The molecule has 0 aliphatic heterocycles. The van der Waals surface area contributed by atoms with E-state index in [1.54, 1.807) is 58.9 Å². The molecule has 0 bridgehead atoms. The van der Waals surface area contributed by atoms with Crippen molar-refractivity contribution in [3.05, 3.63) is 41.6 Å². The van der Waals surface area contributed by atoms with Crippen LogP contribution in [0.4, 0.5) is 5.95 Å². The van der Waals surface area contributed by atoms with Gasteiger partial charge in [-0.1, -0.05) is 17.7 Å². The maximum Gasteiger partial charge on any atom is 0.220 e. The number of ether oxygens (including phenoxy) is 4. The molecule has 1 heterocycles. The lowest BCUT2D eigenvalue weighted by molar-refractivity contribution is 0.324. The fourth-order valence-electron chi connectivity index (χ4n) is 2.88. The monoisotopic (exact) mass is 401 g/mol. The van der Waals surface area contributed by atoms with Crippen molar-refractivity contribution >= 4 is 17.5 Å². The molecule has 0 aliphatic rings. The second kappa shape index (κ2) is 8.22. The molecule has 0 atom stereocenters. The van der Waals surface area contributed by atoms with E-state index in [-0.39, 0.29) is 5.95 Å². The molecule has 0 saturated heterocycles. The Morgan fingerprint density at radius 3 is 2.00 bits per heavy atom. The predicted molar refractivity (Wildman–Crippen MR) is 109 cm³/mol. The number of benzene rings is 2. The van der Waals surface area contributed by atoms with Crippen molar-refractivity contribution in [1.82, 2.24) is 9.97 Å². The third-order valence-electron chi connectivity index (χ3n) is 4.21. The number of aromatic nitrogens is 2. The van der Waals surface area contributed by atoms with E-state index in [0.717, 1.165) is 16.7 Å². The number of nitrogens with two attached hydrogens (primary N) is 1. The van der Waals surface area contributed by atoms with Crippen LogP contribution in [0.5, 0.6) is 23.0 Å². The molecule has 1 aromatic heterocycles. The van der Waals surface area contributed by atoms with Crippen LogP contribution in [-0.2, 0) is 0 Å². The number of methoxy groups -OCH3 is 4. The molecule has 0 aliphatic carbocycles. The van der Waals surface area contributed by atoms with Gasteiger partial charge in [0.05, 0.1) is 39.2 Å². The molecule has 0 fully saturated rings. The van der Waals surface area contributed by atoms with Gasteiger partial charge in [-0.2, -0.15) is 0 Å². The van der Waals surface area contributed by atoms with Gasteiger partial charge < -0.3 is 24.7 Å². The highest BCUT2D eigenvalue weighted by Crippen LogP contribution is 2.43. The van der Waals surface area contributed by atoms with Crippen LogP contribution in [0.2, 0.25) is 5.02 Å². The number of hydrogen-bond donors (Lipinski definition) is 1. The average molecular weight is 402 g/mol. The Morgan fingerprint density at radius 1 is 0.821 bits per heavy atom. The summed E-state index contributed by atoms with van der Waals surface area (Å²) in [5, 5.41) is 0.479. The minimum atomic E-state index is 0.145. The normalized spacial score (nSPS) is 10.5. The van der Waals surface area contributed by atoms with E-state index < -0.39 is 0 Å². The molecule has 146 valence electrons. The molecule has 0 saturated carbocycles. The maximum absolute atomic E-state index is 6.30. The lowest BCUT2D eigenvalue weighted by atomic mass is 10.00. The minimum Gasteiger partial charge on any atom is -0.495 e. The van der Waals surface area contributed by atoms with Crippen LogP contribution in [0.25, 0.3) is 22.4 Å². The van der Waals surface area contributed by atoms with Gasteiger partial charge in [0.15, 0.2) is 11.5 Å². The van der Waals surface area contributed by atoms with Crippen LogP contribution >= 0.6 is 11.6 Å². The van der Waals surface area contributed by atoms with Crippen molar-refractivity contribution in [3.8, 4) is 45.4 Å². The molecule has 0 radical (unpaired) electrons. The number of halogens is 1. The standard InChI is InChI=1S/C20H20ClN3O4/c1-25-15-6-5-11(7-14(15)21)13-10-23-20(22)24-18(13)12-8-16(26-2)19(28-4)17(9-12)27-3/h5-10H,1-4H3,(H2,22,23,24). The molecule has 28 heavy (non-hydrogen) atoms. The Kier molecular flexibility index (Phi) is 5.75. The summed E-state index contributed by atoms with van der Waals surface area (Å²) in [6, 6.07) is 9.06. The summed E-state index contributed by atoms with van der Waals surface area (Å²) in [6.07, 6.45) is 1.65. The molecule has 0 unspecified atom stereocenters. The number of hydrogen-bond acceptors (Lipinski definition) is 7. The van der Waals surface area contributed by atoms with Crippen molar-refractivity contribution in [2.45, 2.75) is 0 Å². The van der Waals surface area contributed by atoms with Gasteiger partial charge in [-0.15, -0.1) is 0 Å². The summed E-state index contributed by atoms with van der Waals surface area (Å²) in [5.41, 5.74) is 8.75. The van der Waals surface area contributed by atoms with Crippen LogP contribution in [0.3, 0.4) is 0 Å². The van der Waals surface area contributed by atoms with Gasteiger partial charge in [-0.25, -0.2) is 9.97 Å². The van der Waals surface area contributed by atoms with E-state index >= 15 is 0 Å². The Morgan fingerprint density at radius 2 is 1.46 bits per heavy atom. The van der Waals surface area contributed by atoms with Gasteiger partial charge in [0.25, 0.3) is 0 Å². The summed E-state index contributed by atoms with van der Waals surface area (Å²) in [4.78, 5) is 8.58. The highest BCUT2D eigenvalue weighted by molar-refractivity contribution is 6.32. The quantitative estimate of drug-likeness (QED) is 0.665. The predicted octanol–water partition coefficient (Wildman–Crippen LogP) is 4.08. The van der Waals surface area contributed by atoms with Crippen LogP contribution in [0, 0.1) is 0 Å². The van der Waals surface area contributed by atoms with Crippen molar-refractivity contribution in [2.75, 3.05) is 34.2 Å². The van der Waals surface area contributed by atoms with Crippen LogP contribution in [0.15, 0.2) is 36.5 Å². The summed E-state index contributed by atoms with van der Waals surface area (Å²) in [5.74, 6) is 2.23. The second-order valence-corrected chi connectivity index (χ2v) is 6.16. The van der Waals surface area contributed by atoms with E-state index in [0.29, 0.717) is 33.7 Å². The average Bonchev–Trinajstić information content (AvgIpc) is 2.72. The molecular formula is C20H20ClN3O4. The molecule has 2 aromatic carbocycles. The van der Waals surface area contributed by atoms with Gasteiger partial charge in [0.2, 0.25) is 11.7 Å². The lowest BCUT2D eigenvalue weighted by Gasteiger charge is -2.16. The molecule has 2 N–H and O–H groups in total. The van der Waals surface area contributed by atoms with Gasteiger partial charge >= 0.3 is 0 Å². The zero-order chi connectivity index (χ0) is 20.3. The van der Waals surface area contributed by atoms with Crippen molar-refractivity contribution in [3.63, 3.8) is 0 Å². The summed E-state index contributed by atoms with van der Waals surface area (Å²) >= 11 is 6.30. The SMILES string of the molecule is COc1ccc(-c2cnc(N)nc2-c2cc(OC)c(OC)c(OC)c2)cc1Cl. The highest BCUT2D eigenvalue weighted by atomic mass is 35.5. The largest absolute Gasteiger partial charge is 0.495 e. The molecule has 0 amide bonds. The molecule has 8 heteroatoms. The fourth-order valence-corrected chi connectivity index (χ4v) is 3.14. The van der Waals surface area contributed by atoms with Gasteiger partial charge in [0.1, 0.15) is 5.75 Å². The van der Waals surface area contributed by atoms with Gasteiger partial charge in [0, 0.05) is 17.3 Å². The topological polar surface area (TPSA) is 88.7 Å². The van der Waals surface area contributed by atoms with E-state index in [2.05, 4.69) is 9.97 Å². The first kappa shape index (κ1) is 19.6. The smallest absolute Gasteiger partial charge is 0.220 e. The number of nitrogens with zero attached hydrogens (tertiary/aromatic N) is 2. The second-order valence-electron chi connectivity index (χ2n) is 5.75. The highest BCUT2D eigenvalue weighted by Gasteiger charge is 2.18. The van der Waals surface area contributed by atoms with Gasteiger partial charge in [-0.3, -0.25) is 0 Å². The Labute approximate surface area is 168 Å². The first-order chi connectivity index (χ1) is 13.5. The minimum absolute atomic E-state index is 0.145. The molecule has 3 rings (SSSR count). The molecule has 3 aromatic rings. The first-order valence-electron chi connectivity index (χ1n) is 8.29. The van der Waals surface area contributed by atoms with E-state index in [9.17, 15) is 0 Å². The zero-order valence-electron chi connectivity index (χ0n) is 15.9. The van der Waals surface area contributed by atoms with Crippen LogP contribution in [-0.4, -0.2) is 38.4 Å². The Balaban J connectivity index is 2.23. The summed E-state index contributed by atoms with van der Waals surface area (Å²) < 4.78 is 21.5. The first-order valence-corrected chi connectivity index (χ1v) is 8.67. The molecule has 7 nitrogen and oxygen atoms in total. The fraction of sp³-hybridized carbons (Fsp3) is 0.200. The van der Waals surface area contributed by atoms with Crippen molar-refractivity contribution in [1.29, 1.82) is 0 Å². The van der Waals surface area contributed by atoms with Gasteiger partial charge in [-0.05, 0) is 29.8 Å². The van der Waals surface area contributed by atoms with E-state index in [1.807, 2.05) is 6.07 Å². The van der Waals surface area contributed by atoms with Crippen molar-refractivity contribution in [2.24, 2.45) is 0 Å².